The molecule has 21 heavy (non-hydrogen) atoms. The van der Waals surface area contributed by atoms with E-state index in [1.165, 1.54) is 0 Å². The molecule has 110 valence electrons. The summed E-state index contributed by atoms with van der Waals surface area (Å²) in [5, 5.41) is 0. The zero-order chi connectivity index (χ0) is 15.2. The molecule has 0 aliphatic rings. The average Bonchev–Trinajstić information content (AvgIpc) is 2.53. The lowest BCUT2D eigenvalue weighted by molar-refractivity contribution is 0.415. The van der Waals surface area contributed by atoms with Gasteiger partial charge >= 0.3 is 0 Å². The van der Waals surface area contributed by atoms with Gasteiger partial charge in [-0.05, 0) is 17.7 Å². The molecule has 2 aromatic carbocycles. The third-order valence-corrected chi connectivity index (χ3v) is 3.78. The van der Waals surface area contributed by atoms with E-state index in [-0.39, 0.29) is 5.92 Å². The number of hydrogen-bond acceptors (Lipinski definition) is 3. The Hall–Kier alpha value is -2.07. The first-order valence-corrected chi connectivity index (χ1v) is 7.22. The Morgan fingerprint density at radius 1 is 1.19 bits per heavy atom. The molecule has 0 heterocycles. The molecular formula is C17H20N2OS. The van der Waals surface area contributed by atoms with Crippen molar-refractivity contribution in [2.45, 2.75) is 5.92 Å². The highest BCUT2D eigenvalue weighted by Crippen LogP contribution is 2.23. The average molecular weight is 300 g/mol. The lowest BCUT2D eigenvalue weighted by atomic mass is 9.98. The molecule has 1 atom stereocenters. The Morgan fingerprint density at radius 2 is 1.90 bits per heavy atom. The number of nitrogens with zero attached hydrogens (tertiary/aromatic N) is 1. The summed E-state index contributed by atoms with van der Waals surface area (Å²) >= 11 is 5.24. The minimum absolute atomic E-state index is 0.0254. The number of thiocarbonyl (C=S) groups is 1. The summed E-state index contributed by atoms with van der Waals surface area (Å²) in [5.74, 6) is 0.864. The molecule has 2 aromatic rings. The van der Waals surface area contributed by atoms with E-state index in [1.807, 2.05) is 49.5 Å². The quantitative estimate of drug-likeness (QED) is 0.832. The Labute approximate surface area is 131 Å². The largest absolute Gasteiger partial charge is 0.497 e. The molecule has 2 rings (SSSR count). The molecular weight excluding hydrogens is 280 g/mol. The normalized spacial score (nSPS) is 11.7. The van der Waals surface area contributed by atoms with Crippen LogP contribution in [0.2, 0.25) is 0 Å². The van der Waals surface area contributed by atoms with E-state index in [1.54, 1.807) is 7.11 Å². The van der Waals surface area contributed by atoms with Crippen molar-refractivity contribution in [3.63, 3.8) is 0 Å². The van der Waals surface area contributed by atoms with Crippen LogP contribution >= 0.6 is 12.2 Å². The van der Waals surface area contributed by atoms with Crippen LogP contribution in [0, 0.1) is 0 Å². The topological polar surface area (TPSA) is 38.5 Å². The number of anilines is 1. The smallest absolute Gasteiger partial charge is 0.120 e. The second-order valence-electron chi connectivity index (χ2n) is 4.95. The third-order valence-electron chi connectivity index (χ3n) is 3.50. The molecule has 0 aromatic heterocycles. The van der Waals surface area contributed by atoms with Crippen LogP contribution in [0.25, 0.3) is 0 Å². The predicted molar refractivity (Wildman–Crippen MR) is 92.2 cm³/mol. The summed E-state index contributed by atoms with van der Waals surface area (Å²) in [6.07, 6.45) is 0. The molecule has 0 aliphatic heterocycles. The maximum absolute atomic E-state index is 5.93. The van der Waals surface area contributed by atoms with Crippen LogP contribution in [0.15, 0.2) is 54.6 Å². The van der Waals surface area contributed by atoms with Crippen molar-refractivity contribution in [1.29, 1.82) is 0 Å². The van der Waals surface area contributed by atoms with E-state index >= 15 is 0 Å². The molecule has 0 saturated heterocycles. The van der Waals surface area contributed by atoms with Gasteiger partial charge in [-0.15, -0.1) is 0 Å². The van der Waals surface area contributed by atoms with Gasteiger partial charge in [0.15, 0.2) is 0 Å². The molecule has 4 heteroatoms. The van der Waals surface area contributed by atoms with Crippen molar-refractivity contribution in [2.75, 3.05) is 25.6 Å². The third kappa shape index (κ3) is 3.95. The molecule has 1 unspecified atom stereocenters. The molecule has 2 N–H and O–H groups in total. The van der Waals surface area contributed by atoms with Crippen LogP contribution < -0.4 is 15.4 Å². The van der Waals surface area contributed by atoms with E-state index in [2.05, 4.69) is 17.0 Å². The number of nitrogens with two attached hydrogens (primary N) is 1. The maximum Gasteiger partial charge on any atom is 0.120 e. The van der Waals surface area contributed by atoms with Crippen LogP contribution in [0.1, 0.15) is 11.5 Å². The lowest BCUT2D eigenvalue weighted by Crippen LogP contribution is -2.31. The Morgan fingerprint density at radius 3 is 2.52 bits per heavy atom. The van der Waals surface area contributed by atoms with Gasteiger partial charge in [0.25, 0.3) is 0 Å². The Bertz CT molecular complexity index is 601. The number of benzene rings is 2. The van der Waals surface area contributed by atoms with E-state index < -0.39 is 0 Å². The van der Waals surface area contributed by atoms with Crippen molar-refractivity contribution in [3.8, 4) is 5.75 Å². The number of hydrogen-bond donors (Lipinski definition) is 1. The van der Waals surface area contributed by atoms with E-state index in [4.69, 9.17) is 22.7 Å². The number of likely N-dealkylation sites (N-methyl/N-ethyl adjacent to an activating group) is 1. The molecule has 0 radical (unpaired) electrons. The van der Waals surface area contributed by atoms with Gasteiger partial charge in [-0.25, -0.2) is 0 Å². The summed E-state index contributed by atoms with van der Waals surface area (Å²) in [7, 11) is 3.70. The fourth-order valence-electron chi connectivity index (χ4n) is 2.27. The van der Waals surface area contributed by atoms with Gasteiger partial charge in [0.1, 0.15) is 5.75 Å². The maximum atomic E-state index is 5.93. The minimum atomic E-state index is 0.0254. The van der Waals surface area contributed by atoms with E-state index in [0.717, 1.165) is 23.5 Å². The second kappa shape index (κ2) is 7.09. The van der Waals surface area contributed by atoms with E-state index in [9.17, 15) is 0 Å². The zero-order valence-corrected chi connectivity index (χ0v) is 13.1. The van der Waals surface area contributed by atoms with Crippen LogP contribution in [0.4, 0.5) is 5.69 Å². The molecule has 0 spiro atoms. The first-order chi connectivity index (χ1) is 10.1. The van der Waals surface area contributed by atoms with E-state index in [0.29, 0.717) is 4.99 Å². The number of ether oxygens (including phenoxy) is 1. The molecule has 3 nitrogen and oxygen atoms in total. The van der Waals surface area contributed by atoms with Gasteiger partial charge < -0.3 is 15.4 Å². The zero-order valence-electron chi connectivity index (χ0n) is 12.3. The first kappa shape index (κ1) is 15.3. The summed E-state index contributed by atoms with van der Waals surface area (Å²) < 4.78 is 5.26. The fraction of sp³-hybridized carbons (Fsp3) is 0.235. The SMILES string of the molecule is COc1cccc(N(C)CC(C(N)=S)c2ccccc2)c1. The molecule has 0 aliphatic carbocycles. The highest BCUT2D eigenvalue weighted by atomic mass is 32.1. The second-order valence-corrected chi connectivity index (χ2v) is 5.42. The summed E-state index contributed by atoms with van der Waals surface area (Å²) in [5.41, 5.74) is 8.15. The molecule has 0 amide bonds. The standard InChI is InChI=1S/C17H20N2OS/c1-19(14-9-6-10-15(11-14)20-2)12-16(17(18)21)13-7-4-3-5-8-13/h3-11,16H,12H2,1-2H3,(H2,18,21). The van der Waals surface area contributed by atoms with Crippen LogP contribution in [0.3, 0.4) is 0 Å². The van der Waals surface area contributed by atoms with Crippen LogP contribution in [-0.4, -0.2) is 25.7 Å². The minimum Gasteiger partial charge on any atom is -0.497 e. The van der Waals surface area contributed by atoms with Crippen molar-refractivity contribution < 1.29 is 4.74 Å². The van der Waals surface area contributed by atoms with Gasteiger partial charge in [0, 0.05) is 25.3 Å². The van der Waals surface area contributed by atoms with Gasteiger partial charge in [0.05, 0.1) is 18.0 Å². The lowest BCUT2D eigenvalue weighted by Gasteiger charge is -2.25. The van der Waals surface area contributed by atoms with Crippen LogP contribution in [0.5, 0.6) is 5.75 Å². The van der Waals surface area contributed by atoms with Gasteiger partial charge in [-0.3, -0.25) is 0 Å². The van der Waals surface area contributed by atoms with Gasteiger partial charge in [-0.2, -0.15) is 0 Å². The summed E-state index contributed by atoms with van der Waals surface area (Å²) in [6.45, 7) is 0.729. The summed E-state index contributed by atoms with van der Waals surface area (Å²) in [6, 6.07) is 18.1. The Kier molecular flexibility index (Phi) is 5.17. The highest BCUT2D eigenvalue weighted by molar-refractivity contribution is 7.80. The van der Waals surface area contributed by atoms with Gasteiger partial charge in [0.2, 0.25) is 0 Å². The number of methoxy groups -OCH3 is 1. The molecule has 0 bridgehead atoms. The van der Waals surface area contributed by atoms with Crippen molar-refractivity contribution in [3.05, 3.63) is 60.2 Å². The number of rotatable bonds is 6. The predicted octanol–water partition coefficient (Wildman–Crippen LogP) is 3.20. The van der Waals surface area contributed by atoms with Gasteiger partial charge in [-0.1, -0.05) is 48.6 Å². The van der Waals surface area contributed by atoms with Crippen molar-refractivity contribution in [2.24, 2.45) is 5.73 Å². The summed E-state index contributed by atoms with van der Waals surface area (Å²) in [4.78, 5) is 2.65. The van der Waals surface area contributed by atoms with Crippen LogP contribution in [-0.2, 0) is 0 Å². The van der Waals surface area contributed by atoms with Crippen molar-refractivity contribution in [1.82, 2.24) is 0 Å². The first-order valence-electron chi connectivity index (χ1n) is 6.81. The van der Waals surface area contributed by atoms with Crippen molar-refractivity contribution >= 4 is 22.9 Å². The molecule has 0 saturated carbocycles. The Balaban J connectivity index is 2.18. The monoisotopic (exact) mass is 300 g/mol. The molecule has 0 fully saturated rings. The fourth-order valence-corrected chi connectivity index (χ4v) is 2.48. The highest BCUT2D eigenvalue weighted by Gasteiger charge is 2.17.